The number of hydrogen-bond donors (Lipinski definition) is 0. The van der Waals surface area contributed by atoms with E-state index in [1.807, 2.05) is 0 Å². The van der Waals surface area contributed by atoms with Gasteiger partial charge in [0.1, 0.15) is 0 Å². The first kappa shape index (κ1) is 16.4. The van der Waals surface area contributed by atoms with Gasteiger partial charge in [-0.3, -0.25) is 60.7 Å². The summed E-state index contributed by atoms with van der Waals surface area (Å²) in [5.74, 6) is -11.1. The largest absolute Gasteiger partial charge is 0.919 e. The van der Waals surface area contributed by atoms with Gasteiger partial charge in [-0.05, 0) is 0 Å². The number of nitro groups is 6. The van der Waals surface area contributed by atoms with E-state index in [9.17, 15) is 60.7 Å². The predicted octanol–water partition coefficient (Wildman–Crippen LogP) is -2.05. The van der Waals surface area contributed by atoms with E-state index in [1.165, 1.54) is 0 Å². The average Bonchev–Trinajstić information content (AvgIpc) is 2.21. The molecule has 0 aliphatic carbocycles. The molecule has 0 bridgehead atoms. The molecule has 0 saturated carbocycles. The maximum Gasteiger partial charge on any atom is 0.919 e. The van der Waals surface area contributed by atoms with Gasteiger partial charge in [-0.15, -0.1) is 0 Å². The van der Waals surface area contributed by atoms with Crippen LogP contribution in [-0.4, -0.2) is 41.1 Å². The second kappa shape index (κ2) is 4.58. The first-order valence-corrected chi connectivity index (χ1v) is 3.78. The lowest BCUT2D eigenvalue weighted by molar-refractivity contribution is -1.12. The minimum absolute atomic E-state index is 2.68. The Morgan fingerprint density at radius 2 is 0.500 bits per heavy atom. The molecule has 0 atom stereocenters. The van der Waals surface area contributed by atoms with Crippen LogP contribution in [0.15, 0.2) is 0 Å². The van der Waals surface area contributed by atoms with E-state index < -0.39 is 41.1 Å². The third-order valence-electron chi connectivity index (χ3n) is 1.98. The molecule has 0 aliphatic heterocycles. The maximum absolute atomic E-state index is 10.5. The number of nitrogens with zero attached hydrogens (tertiary/aromatic N) is 6. The van der Waals surface area contributed by atoms with Gasteiger partial charge in [0.15, 0.2) is 29.5 Å². The van der Waals surface area contributed by atoms with Gasteiger partial charge in [-0.1, -0.05) is 0 Å². The van der Waals surface area contributed by atoms with Gasteiger partial charge in [-0.2, -0.15) is 0 Å². The van der Waals surface area contributed by atoms with Crippen LogP contribution in [0.1, 0.15) is 0 Å². The van der Waals surface area contributed by atoms with Crippen LogP contribution < -0.4 is 0 Å². The van der Waals surface area contributed by atoms with E-state index in [0.29, 0.717) is 0 Å². The highest BCUT2D eigenvalue weighted by atomic mass is 16.8. The van der Waals surface area contributed by atoms with Gasteiger partial charge < -0.3 is 0 Å². The fourth-order valence-electron chi connectivity index (χ4n) is 1.13. The highest BCUT2D eigenvalue weighted by Crippen LogP contribution is 2.32. The summed E-state index contributed by atoms with van der Waals surface area (Å²) in [6.45, 7) is 0. The summed E-state index contributed by atoms with van der Waals surface area (Å²) in [5.41, 5.74) is 0. The predicted molar refractivity (Wildman–Crippen MR) is 47.4 cm³/mol. The molecule has 0 rings (SSSR count). The van der Waals surface area contributed by atoms with E-state index in [2.05, 4.69) is 0 Å². The summed E-state index contributed by atoms with van der Waals surface area (Å²) < 4.78 is 0. The molecule has 0 aliphatic rings. The normalized spacial score (nSPS) is 11.4. The lowest BCUT2D eigenvalue weighted by Crippen LogP contribution is -2.78. The lowest BCUT2D eigenvalue weighted by Gasteiger charge is -2.10. The van der Waals surface area contributed by atoms with Crippen molar-refractivity contribution in [3.05, 3.63) is 60.7 Å². The van der Waals surface area contributed by atoms with Crippen molar-refractivity contribution in [2.75, 3.05) is 0 Å². The third kappa shape index (κ3) is 1.51. The van der Waals surface area contributed by atoms with Crippen LogP contribution in [0.25, 0.3) is 0 Å². The summed E-state index contributed by atoms with van der Waals surface area (Å²) >= 11 is 0. The van der Waals surface area contributed by atoms with Crippen LogP contribution in [-0.2, 0) is 0 Å². The van der Waals surface area contributed by atoms with Crippen molar-refractivity contribution in [3.8, 4) is 0 Å². The van der Waals surface area contributed by atoms with Gasteiger partial charge in [-0.25, -0.2) is 0 Å². The minimum Gasteiger partial charge on any atom is -0.252 e. The Hall–Kier alpha value is -3.60. The summed E-state index contributed by atoms with van der Waals surface area (Å²) in [7, 11) is 0. The van der Waals surface area contributed by atoms with Crippen molar-refractivity contribution in [2.45, 2.75) is 11.6 Å². The van der Waals surface area contributed by atoms with Crippen LogP contribution in [0.5, 0.6) is 0 Å². The van der Waals surface area contributed by atoms with Crippen molar-refractivity contribution in [1.29, 1.82) is 0 Å². The number of rotatable bonds is 7. The molecule has 0 aromatic heterocycles. The molecule has 18 nitrogen and oxygen atoms in total. The summed E-state index contributed by atoms with van der Waals surface area (Å²) in [4.78, 5) is 46.8. The topological polar surface area (TPSA) is 259 Å². The van der Waals surface area contributed by atoms with Crippen LogP contribution in [0.4, 0.5) is 0 Å². The van der Waals surface area contributed by atoms with Crippen molar-refractivity contribution < 1.29 is 29.5 Å². The minimum atomic E-state index is -5.55. The van der Waals surface area contributed by atoms with E-state index >= 15 is 0 Å². The Morgan fingerprint density at radius 1 is 0.400 bits per heavy atom. The van der Waals surface area contributed by atoms with Gasteiger partial charge >= 0.3 is 11.6 Å². The second-order valence-electron chi connectivity index (χ2n) is 2.81. The molecule has 0 fully saturated rings. The summed E-state index contributed by atoms with van der Waals surface area (Å²) in [6.07, 6.45) is 0. The van der Waals surface area contributed by atoms with Gasteiger partial charge in [0.25, 0.3) is 0 Å². The quantitative estimate of drug-likeness (QED) is 0.279. The SMILES string of the molecule is O=[N+]([O-])C([N+](=O)[O-])([N+](=O)[O-])C([N+](=O)[O-])([N+](=O)[O-])[N+](=O)[O-]. The zero-order chi connectivity index (χ0) is 16.5. The molecule has 0 saturated heterocycles. The van der Waals surface area contributed by atoms with Crippen molar-refractivity contribution in [2.24, 2.45) is 0 Å². The van der Waals surface area contributed by atoms with Crippen molar-refractivity contribution in [3.63, 3.8) is 0 Å². The molecule has 0 N–H and O–H groups in total. The highest BCUT2D eigenvalue weighted by Gasteiger charge is 3.13. The zero-order valence-corrected chi connectivity index (χ0v) is 8.58. The van der Waals surface area contributed by atoms with Crippen molar-refractivity contribution in [1.82, 2.24) is 0 Å². The van der Waals surface area contributed by atoms with Crippen LogP contribution in [0.2, 0.25) is 0 Å². The van der Waals surface area contributed by atoms with Gasteiger partial charge in [0, 0.05) is 0 Å². The standard InChI is InChI=1S/C2N6O12/c9-3(10)1(4(11)12,5(13)14)2(6(15)16,7(17)18)8(19)20. The Balaban J connectivity index is 7.12. The van der Waals surface area contributed by atoms with E-state index in [1.54, 1.807) is 0 Å². The molecule has 0 amide bonds. The number of hydrogen-bond acceptors (Lipinski definition) is 12. The Bertz CT molecular complexity index is 414. The Labute approximate surface area is 103 Å². The Morgan fingerprint density at radius 3 is 0.550 bits per heavy atom. The molecule has 0 aromatic rings. The van der Waals surface area contributed by atoms with Crippen LogP contribution in [0.3, 0.4) is 0 Å². The van der Waals surface area contributed by atoms with E-state index in [4.69, 9.17) is 0 Å². The highest BCUT2D eigenvalue weighted by molar-refractivity contribution is 4.67. The first-order chi connectivity index (χ1) is 8.91. The molecule has 0 heterocycles. The van der Waals surface area contributed by atoms with Crippen LogP contribution in [0, 0.1) is 60.7 Å². The van der Waals surface area contributed by atoms with Gasteiger partial charge in [0.2, 0.25) is 0 Å². The summed E-state index contributed by atoms with van der Waals surface area (Å²) in [6, 6.07) is 0. The fraction of sp³-hybridized carbons (Fsp3) is 1.00. The van der Waals surface area contributed by atoms with E-state index in [-0.39, 0.29) is 0 Å². The molecule has 18 heteroatoms. The maximum atomic E-state index is 10.5. The fourth-order valence-corrected chi connectivity index (χ4v) is 1.13. The lowest BCUT2D eigenvalue weighted by atomic mass is 10.2. The molecule has 20 heavy (non-hydrogen) atoms. The smallest absolute Gasteiger partial charge is 0.252 e. The molecular formula is C2N6O12. The first-order valence-electron chi connectivity index (χ1n) is 3.78. The summed E-state index contributed by atoms with van der Waals surface area (Å²) in [5, 5.41) is 62.8. The van der Waals surface area contributed by atoms with Crippen LogP contribution >= 0.6 is 0 Å². The second-order valence-corrected chi connectivity index (χ2v) is 2.81. The monoisotopic (exact) mass is 300 g/mol. The zero-order valence-electron chi connectivity index (χ0n) is 8.58. The molecule has 0 radical (unpaired) electrons. The molecular weight excluding hydrogens is 300 g/mol. The molecule has 110 valence electrons. The molecule has 0 spiro atoms. The molecule has 0 unspecified atom stereocenters. The third-order valence-corrected chi connectivity index (χ3v) is 1.98. The molecule has 0 aromatic carbocycles. The Kier molecular flexibility index (Phi) is 3.76. The van der Waals surface area contributed by atoms with E-state index in [0.717, 1.165) is 0 Å². The van der Waals surface area contributed by atoms with Crippen molar-refractivity contribution >= 4 is 0 Å². The van der Waals surface area contributed by atoms with Gasteiger partial charge in [0.05, 0.1) is 0 Å². The average molecular weight is 300 g/mol.